The summed E-state index contributed by atoms with van der Waals surface area (Å²) in [5.41, 5.74) is 4.54. The van der Waals surface area contributed by atoms with Crippen LogP contribution in [0.2, 0.25) is 0 Å². The van der Waals surface area contributed by atoms with Crippen LogP contribution in [0.1, 0.15) is 50.7 Å². The lowest BCUT2D eigenvalue weighted by molar-refractivity contribution is -0.150. The molecule has 0 spiro atoms. The van der Waals surface area contributed by atoms with E-state index in [1.165, 1.54) is 0 Å². The third-order valence-corrected chi connectivity index (χ3v) is 7.14. The monoisotopic (exact) mass is 464 g/mol. The summed E-state index contributed by atoms with van der Waals surface area (Å²) in [6.45, 7) is 6.13. The number of aliphatic carboxylic acids is 1. The van der Waals surface area contributed by atoms with Crippen molar-refractivity contribution in [3.8, 4) is 11.1 Å². The first-order chi connectivity index (χ1) is 16.3. The summed E-state index contributed by atoms with van der Waals surface area (Å²) >= 11 is 0. The number of carbonyl (C=O) groups excluding carboxylic acids is 2. The van der Waals surface area contributed by atoms with Gasteiger partial charge in [0.1, 0.15) is 12.6 Å². The zero-order chi connectivity index (χ0) is 24.4. The molecule has 0 aromatic heterocycles. The minimum Gasteiger partial charge on any atom is -0.481 e. The van der Waals surface area contributed by atoms with E-state index in [1.54, 1.807) is 11.8 Å². The van der Waals surface area contributed by atoms with Crippen molar-refractivity contribution in [1.29, 1.82) is 0 Å². The third kappa shape index (κ3) is 4.52. The molecule has 7 heteroatoms. The van der Waals surface area contributed by atoms with E-state index < -0.39 is 30.1 Å². The second-order valence-electron chi connectivity index (χ2n) is 9.55. The first-order valence-electron chi connectivity index (χ1n) is 11.9. The quantitative estimate of drug-likeness (QED) is 0.666. The summed E-state index contributed by atoms with van der Waals surface area (Å²) in [5, 5.41) is 12.2. The SMILES string of the molecule is CC(C)C(NC(=O)OCC1c2ccccc2-c2ccccc21)C(=O)N1CCCC(C(=O)O)C1C. The molecule has 3 atom stereocenters. The van der Waals surface area contributed by atoms with Gasteiger partial charge in [0.2, 0.25) is 5.91 Å². The molecule has 2 aliphatic rings. The van der Waals surface area contributed by atoms with Gasteiger partial charge in [-0.1, -0.05) is 62.4 Å². The molecule has 7 nitrogen and oxygen atoms in total. The summed E-state index contributed by atoms with van der Waals surface area (Å²) in [4.78, 5) is 39.3. The predicted molar refractivity (Wildman–Crippen MR) is 128 cm³/mol. The number of carboxylic acids is 1. The maximum Gasteiger partial charge on any atom is 0.407 e. The van der Waals surface area contributed by atoms with Gasteiger partial charge < -0.3 is 20.1 Å². The average molecular weight is 465 g/mol. The van der Waals surface area contributed by atoms with E-state index in [4.69, 9.17) is 4.74 Å². The van der Waals surface area contributed by atoms with Crippen molar-refractivity contribution in [3.63, 3.8) is 0 Å². The Labute approximate surface area is 200 Å². The number of ether oxygens (including phenoxy) is 1. The first-order valence-corrected chi connectivity index (χ1v) is 11.9. The predicted octanol–water partition coefficient (Wildman–Crippen LogP) is 4.26. The molecule has 2 amide bonds. The maximum absolute atomic E-state index is 13.3. The number of hydrogen-bond donors (Lipinski definition) is 2. The smallest absolute Gasteiger partial charge is 0.407 e. The summed E-state index contributed by atoms with van der Waals surface area (Å²) in [6, 6.07) is 15.0. The normalized spacial score (nSPS) is 20.4. The Hall–Kier alpha value is -3.35. The summed E-state index contributed by atoms with van der Waals surface area (Å²) in [6.07, 6.45) is 0.531. The number of nitrogens with zero attached hydrogens (tertiary/aromatic N) is 1. The van der Waals surface area contributed by atoms with Crippen LogP contribution in [0.5, 0.6) is 0 Å². The fourth-order valence-electron chi connectivity index (χ4n) is 5.24. The number of rotatable bonds is 6. The van der Waals surface area contributed by atoms with E-state index in [2.05, 4.69) is 29.6 Å². The highest BCUT2D eigenvalue weighted by Gasteiger charge is 2.39. The molecule has 4 rings (SSSR count). The van der Waals surface area contributed by atoms with Crippen molar-refractivity contribution in [1.82, 2.24) is 10.2 Å². The molecule has 0 radical (unpaired) electrons. The number of alkyl carbamates (subject to hydrolysis) is 1. The third-order valence-electron chi connectivity index (χ3n) is 7.14. The minimum absolute atomic E-state index is 0.0650. The topological polar surface area (TPSA) is 95.9 Å². The van der Waals surface area contributed by atoms with Gasteiger partial charge in [0.25, 0.3) is 0 Å². The zero-order valence-electron chi connectivity index (χ0n) is 19.9. The van der Waals surface area contributed by atoms with E-state index in [-0.39, 0.29) is 24.3 Å². The summed E-state index contributed by atoms with van der Waals surface area (Å²) < 4.78 is 5.63. The van der Waals surface area contributed by atoms with Gasteiger partial charge >= 0.3 is 12.1 Å². The molecule has 1 heterocycles. The second-order valence-corrected chi connectivity index (χ2v) is 9.55. The summed E-state index contributed by atoms with van der Waals surface area (Å²) in [5.74, 6) is -1.99. The molecule has 180 valence electrons. The highest BCUT2D eigenvalue weighted by atomic mass is 16.5. The molecule has 3 unspecified atom stereocenters. The minimum atomic E-state index is -0.893. The number of carbonyl (C=O) groups is 3. The van der Waals surface area contributed by atoms with Gasteiger partial charge in [-0.2, -0.15) is 0 Å². The van der Waals surface area contributed by atoms with Crippen LogP contribution in [0.15, 0.2) is 48.5 Å². The molecule has 1 aliphatic carbocycles. The van der Waals surface area contributed by atoms with Crippen molar-refractivity contribution in [2.24, 2.45) is 11.8 Å². The highest BCUT2D eigenvalue weighted by Crippen LogP contribution is 2.44. The van der Waals surface area contributed by atoms with Crippen molar-refractivity contribution in [2.45, 2.75) is 51.6 Å². The molecular formula is C27H32N2O5. The largest absolute Gasteiger partial charge is 0.481 e. The van der Waals surface area contributed by atoms with Gasteiger partial charge in [-0.05, 0) is 47.9 Å². The number of amides is 2. The lowest BCUT2D eigenvalue weighted by Crippen LogP contribution is -2.57. The summed E-state index contributed by atoms with van der Waals surface area (Å²) in [7, 11) is 0. The molecule has 0 saturated carbocycles. The van der Waals surface area contributed by atoms with Crippen LogP contribution >= 0.6 is 0 Å². The Morgan fingerprint density at radius 1 is 1.06 bits per heavy atom. The number of nitrogens with one attached hydrogen (secondary N) is 1. The van der Waals surface area contributed by atoms with Gasteiger partial charge in [-0.15, -0.1) is 0 Å². The molecular weight excluding hydrogens is 432 g/mol. The van der Waals surface area contributed by atoms with E-state index >= 15 is 0 Å². The van der Waals surface area contributed by atoms with Gasteiger partial charge in [-0.25, -0.2) is 4.79 Å². The van der Waals surface area contributed by atoms with Crippen LogP contribution in [0, 0.1) is 11.8 Å². The number of fused-ring (bicyclic) bond motifs is 3. The van der Waals surface area contributed by atoms with Crippen LogP contribution in [-0.4, -0.2) is 53.2 Å². The van der Waals surface area contributed by atoms with Crippen LogP contribution in [-0.2, 0) is 14.3 Å². The maximum atomic E-state index is 13.3. The fourth-order valence-corrected chi connectivity index (χ4v) is 5.24. The van der Waals surface area contributed by atoms with E-state index in [0.29, 0.717) is 19.4 Å². The molecule has 34 heavy (non-hydrogen) atoms. The van der Waals surface area contributed by atoms with Gasteiger partial charge in [-0.3, -0.25) is 9.59 Å². The number of hydrogen-bond acceptors (Lipinski definition) is 4. The molecule has 0 bridgehead atoms. The lowest BCUT2D eigenvalue weighted by atomic mass is 9.89. The molecule has 2 N–H and O–H groups in total. The number of carboxylic acid groups (broad SMARTS) is 1. The number of piperidine rings is 1. The van der Waals surface area contributed by atoms with Crippen LogP contribution in [0.25, 0.3) is 11.1 Å². The standard InChI is InChI=1S/C27H32N2O5/c1-16(2)24(25(30)29-14-8-13-18(17(29)3)26(31)32)28-27(33)34-15-23-21-11-6-4-9-19(21)20-10-5-7-12-22(20)23/h4-7,9-12,16-18,23-24H,8,13-15H2,1-3H3,(H,28,33)(H,31,32). The molecule has 2 aromatic rings. The van der Waals surface area contributed by atoms with Crippen LogP contribution in [0.4, 0.5) is 4.79 Å². The van der Waals surface area contributed by atoms with Crippen LogP contribution in [0.3, 0.4) is 0 Å². The Morgan fingerprint density at radius 3 is 2.21 bits per heavy atom. The highest BCUT2D eigenvalue weighted by molar-refractivity contribution is 5.87. The zero-order valence-corrected chi connectivity index (χ0v) is 19.9. The number of benzene rings is 2. The molecule has 1 saturated heterocycles. The van der Waals surface area contributed by atoms with Gasteiger partial charge in [0.05, 0.1) is 5.92 Å². The lowest BCUT2D eigenvalue weighted by Gasteiger charge is -2.40. The van der Waals surface area contributed by atoms with E-state index in [1.807, 2.05) is 38.1 Å². The second kappa shape index (κ2) is 9.87. The fraction of sp³-hybridized carbons (Fsp3) is 0.444. The Morgan fingerprint density at radius 2 is 1.65 bits per heavy atom. The van der Waals surface area contributed by atoms with E-state index in [0.717, 1.165) is 22.3 Å². The molecule has 2 aromatic carbocycles. The molecule has 1 aliphatic heterocycles. The number of likely N-dealkylation sites (tertiary alicyclic amines) is 1. The van der Waals surface area contributed by atoms with Crippen molar-refractivity contribution in [3.05, 3.63) is 59.7 Å². The van der Waals surface area contributed by atoms with Crippen molar-refractivity contribution < 1.29 is 24.2 Å². The molecule has 1 fully saturated rings. The van der Waals surface area contributed by atoms with Gasteiger partial charge in [0.15, 0.2) is 0 Å². The van der Waals surface area contributed by atoms with Crippen molar-refractivity contribution in [2.75, 3.05) is 13.2 Å². The first kappa shape index (κ1) is 23.8. The van der Waals surface area contributed by atoms with E-state index in [9.17, 15) is 19.5 Å². The van der Waals surface area contributed by atoms with Crippen LogP contribution < -0.4 is 5.32 Å². The average Bonchev–Trinajstić information content (AvgIpc) is 3.14. The Bertz CT molecular complexity index is 1040. The van der Waals surface area contributed by atoms with Gasteiger partial charge in [0, 0.05) is 18.5 Å². The Balaban J connectivity index is 1.43. The Kier molecular flexibility index (Phi) is 6.91. The van der Waals surface area contributed by atoms with Crippen molar-refractivity contribution >= 4 is 18.0 Å².